The molecule has 0 radical (unpaired) electrons. The first-order valence-corrected chi connectivity index (χ1v) is 25.6. The fourth-order valence-electron chi connectivity index (χ4n) is 7.26. The van der Waals surface area contributed by atoms with Crippen molar-refractivity contribution in [3.8, 4) is 0 Å². The van der Waals surface area contributed by atoms with Gasteiger partial charge in [-0.25, -0.2) is 4.57 Å². The minimum absolute atomic E-state index is 0.153. The van der Waals surface area contributed by atoms with Gasteiger partial charge in [-0.1, -0.05) is 116 Å². The topological polar surface area (TPSA) is 126 Å². The molecule has 1 fully saturated rings. The van der Waals surface area contributed by atoms with Crippen LogP contribution >= 0.6 is 7.82 Å². The van der Waals surface area contributed by atoms with Crippen LogP contribution in [0.15, 0.2) is 116 Å². The van der Waals surface area contributed by atoms with Crippen molar-refractivity contribution in [3.05, 3.63) is 116 Å². The summed E-state index contributed by atoms with van der Waals surface area (Å²) in [5.41, 5.74) is 14.2. The molecule has 1 heterocycles. The van der Waals surface area contributed by atoms with E-state index in [2.05, 4.69) is 124 Å². The van der Waals surface area contributed by atoms with Crippen molar-refractivity contribution in [2.45, 2.75) is 216 Å². The highest BCUT2D eigenvalue weighted by Gasteiger charge is 2.46. The number of hydrogen-bond donors (Lipinski definition) is 4. The molecule has 364 valence electrons. The Morgan fingerprint density at radius 2 is 0.719 bits per heavy atom. The maximum atomic E-state index is 12.3. The van der Waals surface area contributed by atoms with E-state index in [1.807, 2.05) is 6.92 Å². The lowest BCUT2D eigenvalue weighted by molar-refractivity contribution is -0.127. The second-order valence-electron chi connectivity index (χ2n) is 18.7. The van der Waals surface area contributed by atoms with Crippen molar-refractivity contribution in [3.63, 3.8) is 0 Å². The van der Waals surface area contributed by atoms with Crippen LogP contribution in [0, 0.1) is 0 Å². The predicted octanol–water partition coefficient (Wildman–Crippen LogP) is 15.1. The lowest BCUT2D eigenvalue weighted by Gasteiger charge is -2.18. The highest BCUT2D eigenvalue weighted by molar-refractivity contribution is 7.47. The van der Waals surface area contributed by atoms with Crippen LogP contribution in [0.25, 0.3) is 0 Å². The Labute approximate surface area is 391 Å². The molecule has 0 aromatic heterocycles. The average molecular weight is 911 g/mol. The van der Waals surface area contributed by atoms with Gasteiger partial charge in [0.1, 0.15) is 18.3 Å². The van der Waals surface area contributed by atoms with Gasteiger partial charge in [0.05, 0.1) is 13.2 Å². The number of aliphatic hydroxyl groups excluding tert-OH is 3. The van der Waals surface area contributed by atoms with E-state index in [-0.39, 0.29) is 6.61 Å². The van der Waals surface area contributed by atoms with Crippen molar-refractivity contribution >= 4 is 7.82 Å². The summed E-state index contributed by atoms with van der Waals surface area (Å²) in [6, 6.07) is 0. The van der Waals surface area contributed by atoms with Crippen molar-refractivity contribution < 1.29 is 38.6 Å². The van der Waals surface area contributed by atoms with Crippen LogP contribution in [0.1, 0.15) is 192 Å². The fourth-order valence-corrected chi connectivity index (χ4v) is 8.03. The maximum Gasteiger partial charge on any atom is 0.474 e. The summed E-state index contributed by atoms with van der Waals surface area (Å²) in [6.07, 6.45) is 37.1. The van der Waals surface area contributed by atoms with Crippen molar-refractivity contribution in [1.29, 1.82) is 0 Å². The van der Waals surface area contributed by atoms with Gasteiger partial charge in [-0.3, -0.25) is 9.05 Å². The molecular formula is C55H91O8P. The molecule has 0 bridgehead atoms. The first-order chi connectivity index (χ1) is 30.3. The molecule has 5 atom stereocenters. The van der Waals surface area contributed by atoms with Gasteiger partial charge in [-0.15, -0.1) is 0 Å². The molecule has 1 unspecified atom stereocenters. The second-order valence-corrected chi connectivity index (χ2v) is 20.1. The molecule has 9 heteroatoms. The van der Waals surface area contributed by atoms with Crippen LogP contribution in [0.3, 0.4) is 0 Å². The number of allylic oxidation sites excluding steroid dienone is 19. The fraction of sp³-hybridized carbons (Fsp3) is 0.636. The molecule has 1 saturated heterocycles. The summed E-state index contributed by atoms with van der Waals surface area (Å²) in [6.45, 7) is 23.6. The number of phosphoric ester groups is 1. The van der Waals surface area contributed by atoms with Crippen LogP contribution < -0.4 is 0 Å². The number of rotatable bonds is 33. The van der Waals surface area contributed by atoms with Gasteiger partial charge in [0, 0.05) is 0 Å². The Balaban J connectivity index is 2.25. The molecule has 0 amide bonds. The zero-order valence-electron chi connectivity index (χ0n) is 42.1. The van der Waals surface area contributed by atoms with Gasteiger partial charge in [0.2, 0.25) is 0 Å². The van der Waals surface area contributed by atoms with E-state index in [1.165, 1.54) is 63.0 Å². The van der Waals surface area contributed by atoms with Gasteiger partial charge in [0.15, 0.2) is 6.29 Å². The van der Waals surface area contributed by atoms with E-state index in [4.69, 9.17) is 18.9 Å². The smallest absolute Gasteiger partial charge is 0.394 e. The van der Waals surface area contributed by atoms with Crippen LogP contribution in [-0.2, 0) is 18.3 Å². The van der Waals surface area contributed by atoms with Gasteiger partial charge in [-0.05, 0) is 192 Å². The maximum absolute atomic E-state index is 12.3. The van der Waals surface area contributed by atoms with E-state index in [1.54, 1.807) is 6.08 Å². The second kappa shape index (κ2) is 34.6. The van der Waals surface area contributed by atoms with Gasteiger partial charge < -0.3 is 24.9 Å². The van der Waals surface area contributed by atoms with E-state index in [0.29, 0.717) is 0 Å². The summed E-state index contributed by atoms with van der Waals surface area (Å²) in [7, 11) is -4.55. The molecule has 0 aromatic rings. The van der Waals surface area contributed by atoms with Crippen molar-refractivity contribution in [2.24, 2.45) is 0 Å². The molecule has 0 saturated carbocycles. The van der Waals surface area contributed by atoms with Crippen LogP contribution in [-0.4, -0.2) is 58.0 Å². The van der Waals surface area contributed by atoms with Crippen LogP contribution in [0.2, 0.25) is 0 Å². The summed E-state index contributed by atoms with van der Waals surface area (Å²) >= 11 is 0. The standard InChI is InChI=1S/C55H91O8P/c1-42(2)21-12-22-43(3)23-13-24-44(4)25-14-26-45(5)27-15-28-46(6)29-16-30-47(7)31-17-32-48(8)33-18-34-49(9)35-19-36-50(10)37-20-38-51(11)39-40-61-64(59,60)63-55-54(58)53(57)52(41-56)62-55/h21,23,25,27,29,31,33,35,37,39,52-58H,12-20,22,24,26,28,30,32,34,36,38,40-41H2,1-11H3,(H,59,60)/b43-23+,44-25-,45-27-,46-29-,47-31-,48-33-,49-35-,50-37-,51-39-/t52-,53-,54-,55+/m1/s1. The van der Waals surface area contributed by atoms with Gasteiger partial charge in [-0.2, -0.15) is 0 Å². The molecule has 8 nitrogen and oxygen atoms in total. The SMILES string of the molecule is CC(C)=CCC/C(C)=C/CC/C(C)=C\CC/C(C)=C\CC/C(C)=C\CC/C(C)=C\CC/C(C)=C\CC/C(C)=C\CC/C(C)=C\CC/C(C)=C\COP(=O)(O)O[C@@H]1O[C@H](CO)[C@@H](O)[C@H]1O. The summed E-state index contributed by atoms with van der Waals surface area (Å²) < 4.78 is 27.2. The summed E-state index contributed by atoms with van der Waals surface area (Å²) in [5, 5.41) is 28.9. The Kier molecular flexibility index (Phi) is 32.1. The number of aliphatic hydroxyl groups is 3. The zero-order valence-corrected chi connectivity index (χ0v) is 43.0. The van der Waals surface area contributed by atoms with E-state index in [9.17, 15) is 19.7 Å². The third-order valence-electron chi connectivity index (χ3n) is 11.7. The first-order valence-electron chi connectivity index (χ1n) is 24.1. The third kappa shape index (κ3) is 30.5. The summed E-state index contributed by atoms with van der Waals surface area (Å²) in [4.78, 5) is 9.97. The Bertz CT molecular complexity index is 1710. The molecule has 1 rings (SSSR count). The molecule has 0 aromatic carbocycles. The normalized spacial score (nSPS) is 21.2. The van der Waals surface area contributed by atoms with Crippen molar-refractivity contribution in [2.75, 3.05) is 13.2 Å². The average Bonchev–Trinajstić information content (AvgIpc) is 3.47. The van der Waals surface area contributed by atoms with Crippen LogP contribution in [0.4, 0.5) is 0 Å². The largest absolute Gasteiger partial charge is 0.474 e. The Hall–Kier alpha value is -2.65. The number of ether oxygens (including phenoxy) is 1. The number of hydrogen-bond acceptors (Lipinski definition) is 7. The lowest BCUT2D eigenvalue weighted by atomic mass is 10.0. The molecule has 64 heavy (non-hydrogen) atoms. The highest BCUT2D eigenvalue weighted by atomic mass is 31.2. The third-order valence-corrected chi connectivity index (χ3v) is 12.7. The van der Waals surface area contributed by atoms with E-state index < -0.39 is 39.0 Å². The molecule has 4 N–H and O–H groups in total. The minimum atomic E-state index is -4.55. The lowest BCUT2D eigenvalue weighted by Crippen LogP contribution is -2.34. The van der Waals surface area contributed by atoms with Gasteiger partial charge in [0.25, 0.3) is 0 Å². The minimum Gasteiger partial charge on any atom is -0.394 e. The zero-order chi connectivity index (χ0) is 47.9. The first kappa shape index (κ1) is 59.4. The summed E-state index contributed by atoms with van der Waals surface area (Å²) in [5.74, 6) is 0. The Morgan fingerprint density at radius 1 is 0.453 bits per heavy atom. The molecule has 1 aliphatic heterocycles. The quantitative estimate of drug-likeness (QED) is 0.0379. The Morgan fingerprint density at radius 3 is 0.969 bits per heavy atom. The number of phosphoric acid groups is 1. The van der Waals surface area contributed by atoms with Gasteiger partial charge >= 0.3 is 7.82 Å². The molecule has 0 aliphatic carbocycles. The van der Waals surface area contributed by atoms with E-state index >= 15 is 0 Å². The predicted molar refractivity (Wildman–Crippen MR) is 271 cm³/mol. The molecule has 0 spiro atoms. The van der Waals surface area contributed by atoms with E-state index in [0.717, 1.165) is 108 Å². The highest BCUT2D eigenvalue weighted by Crippen LogP contribution is 2.46. The monoisotopic (exact) mass is 911 g/mol. The van der Waals surface area contributed by atoms with Crippen LogP contribution in [0.5, 0.6) is 0 Å². The van der Waals surface area contributed by atoms with Crippen molar-refractivity contribution in [1.82, 2.24) is 0 Å². The molecule has 1 aliphatic rings. The molecular weight excluding hydrogens is 820 g/mol.